The van der Waals surface area contributed by atoms with Crippen molar-refractivity contribution >= 4 is 17.3 Å². The minimum Gasteiger partial charge on any atom is -0.478 e. The van der Waals surface area contributed by atoms with Crippen molar-refractivity contribution in [1.82, 2.24) is 4.98 Å². The van der Waals surface area contributed by atoms with E-state index in [1.54, 1.807) is 18.3 Å². The summed E-state index contributed by atoms with van der Waals surface area (Å²) in [4.78, 5) is 14.9. The van der Waals surface area contributed by atoms with E-state index in [9.17, 15) is 4.79 Å². The van der Waals surface area contributed by atoms with Gasteiger partial charge in [-0.1, -0.05) is 0 Å². The Morgan fingerprint density at radius 2 is 2.29 bits per heavy atom. The van der Waals surface area contributed by atoms with Gasteiger partial charge in [0, 0.05) is 17.1 Å². The lowest BCUT2D eigenvalue weighted by atomic mass is 10.1. The van der Waals surface area contributed by atoms with Gasteiger partial charge in [0.2, 0.25) is 0 Å². The molecule has 0 saturated heterocycles. The Kier molecular flexibility index (Phi) is 2.28. The van der Waals surface area contributed by atoms with Crippen molar-refractivity contribution < 1.29 is 9.90 Å². The van der Waals surface area contributed by atoms with E-state index < -0.39 is 5.97 Å². The van der Waals surface area contributed by atoms with Crippen LogP contribution in [0.2, 0.25) is 0 Å². The number of aromatic nitrogens is 1. The highest BCUT2D eigenvalue weighted by molar-refractivity contribution is 7.08. The van der Waals surface area contributed by atoms with E-state index in [2.05, 4.69) is 4.98 Å². The molecule has 0 aliphatic carbocycles. The lowest BCUT2D eigenvalue weighted by Crippen LogP contribution is -2.00. The van der Waals surface area contributed by atoms with E-state index in [0.717, 1.165) is 5.56 Å². The zero-order chi connectivity index (χ0) is 9.97. The second kappa shape index (κ2) is 3.59. The predicted molar refractivity (Wildman–Crippen MR) is 54.5 cm³/mol. The molecule has 0 radical (unpaired) electrons. The van der Waals surface area contributed by atoms with Crippen molar-refractivity contribution in [3.8, 4) is 11.3 Å². The Balaban J connectivity index is 2.58. The third-order valence-corrected chi connectivity index (χ3v) is 2.52. The van der Waals surface area contributed by atoms with Crippen LogP contribution in [0.4, 0.5) is 0 Å². The second-order valence-corrected chi connectivity index (χ2v) is 3.50. The molecule has 0 bridgehead atoms. The molecule has 0 fully saturated rings. The highest BCUT2D eigenvalue weighted by Crippen LogP contribution is 2.23. The van der Waals surface area contributed by atoms with Gasteiger partial charge in [0.1, 0.15) is 0 Å². The Labute approximate surface area is 84.7 Å². The molecule has 2 heterocycles. The Hall–Kier alpha value is -1.68. The largest absolute Gasteiger partial charge is 0.478 e. The van der Waals surface area contributed by atoms with E-state index >= 15 is 0 Å². The topological polar surface area (TPSA) is 50.2 Å². The van der Waals surface area contributed by atoms with E-state index in [4.69, 9.17) is 5.11 Å². The molecule has 0 atom stereocenters. The van der Waals surface area contributed by atoms with Crippen LogP contribution in [-0.4, -0.2) is 16.1 Å². The Morgan fingerprint density at radius 1 is 1.43 bits per heavy atom. The van der Waals surface area contributed by atoms with Crippen LogP contribution in [0.25, 0.3) is 11.3 Å². The number of nitrogens with zero attached hydrogens (tertiary/aromatic N) is 1. The van der Waals surface area contributed by atoms with Crippen LogP contribution in [0.5, 0.6) is 0 Å². The fraction of sp³-hybridized carbons (Fsp3) is 0. The van der Waals surface area contributed by atoms with Crippen molar-refractivity contribution in [2.45, 2.75) is 0 Å². The maximum Gasteiger partial charge on any atom is 0.337 e. The van der Waals surface area contributed by atoms with Crippen LogP contribution >= 0.6 is 11.3 Å². The first-order valence-electron chi connectivity index (χ1n) is 4.00. The summed E-state index contributed by atoms with van der Waals surface area (Å²) < 4.78 is 0. The first-order chi connectivity index (χ1) is 6.79. The van der Waals surface area contributed by atoms with Gasteiger partial charge in [0.15, 0.2) is 0 Å². The molecule has 1 N–H and O–H groups in total. The number of carboxylic acid groups (broad SMARTS) is 1. The first kappa shape index (κ1) is 8.90. The van der Waals surface area contributed by atoms with Gasteiger partial charge in [-0.2, -0.15) is 11.3 Å². The molecule has 0 aromatic carbocycles. The van der Waals surface area contributed by atoms with Gasteiger partial charge < -0.3 is 5.11 Å². The van der Waals surface area contributed by atoms with Gasteiger partial charge in [0.25, 0.3) is 0 Å². The minimum absolute atomic E-state index is 0.242. The molecule has 2 aromatic heterocycles. The maximum atomic E-state index is 10.9. The lowest BCUT2D eigenvalue weighted by molar-refractivity contribution is 0.0697. The van der Waals surface area contributed by atoms with Gasteiger partial charge >= 0.3 is 5.97 Å². The molecule has 0 amide bonds. The summed E-state index contributed by atoms with van der Waals surface area (Å²) >= 11 is 1.52. The van der Waals surface area contributed by atoms with Crippen LogP contribution in [0.3, 0.4) is 0 Å². The summed E-state index contributed by atoms with van der Waals surface area (Å²) in [6, 6.07) is 5.04. The molecule has 0 unspecified atom stereocenters. The predicted octanol–water partition coefficient (Wildman–Crippen LogP) is 2.51. The summed E-state index contributed by atoms with van der Waals surface area (Å²) in [5.41, 5.74) is 1.63. The molecule has 0 aliphatic heterocycles. The first-order valence-corrected chi connectivity index (χ1v) is 4.94. The quantitative estimate of drug-likeness (QED) is 0.819. The van der Waals surface area contributed by atoms with E-state index in [1.165, 1.54) is 11.3 Å². The summed E-state index contributed by atoms with van der Waals surface area (Å²) in [6.07, 6.45) is 1.60. The number of aromatic carboxylic acids is 1. The van der Waals surface area contributed by atoms with E-state index in [-0.39, 0.29) is 5.56 Å². The smallest absolute Gasteiger partial charge is 0.337 e. The van der Waals surface area contributed by atoms with Crippen molar-refractivity contribution in [3.63, 3.8) is 0 Å². The van der Waals surface area contributed by atoms with Gasteiger partial charge in [-0.3, -0.25) is 4.98 Å². The average molecular weight is 205 g/mol. The minimum atomic E-state index is -0.945. The molecule has 0 spiro atoms. The number of hydrogen-bond donors (Lipinski definition) is 1. The summed E-state index contributed by atoms with van der Waals surface area (Å²) in [5.74, 6) is -0.945. The van der Waals surface area contributed by atoms with Crippen LogP contribution in [0, 0.1) is 0 Å². The SMILES string of the molecule is O=C(O)c1cccnc1-c1ccsc1. The molecule has 2 rings (SSSR count). The Bertz CT molecular complexity index is 451. The molecule has 3 nitrogen and oxygen atoms in total. The maximum absolute atomic E-state index is 10.9. The van der Waals surface area contributed by atoms with Gasteiger partial charge in [-0.15, -0.1) is 0 Å². The average Bonchev–Trinajstić information content (AvgIpc) is 2.70. The van der Waals surface area contributed by atoms with E-state index in [1.807, 2.05) is 16.8 Å². The Morgan fingerprint density at radius 3 is 2.93 bits per heavy atom. The summed E-state index contributed by atoms with van der Waals surface area (Å²) in [7, 11) is 0. The number of rotatable bonds is 2. The van der Waals surface area contributed by atoms with Crippen LogP contribution in [0.1, 0.15) is 10.4 Å². The lowest BCUT2D eigenvalue weighted by Gasteiger charge is -2.01. The second-order valence-electron chi connectivity index (χ2n) is 2.72. The number of carboxylic acids is 1. The monoisotopic (exact) mass is 205 g/mol. The fourth-order valence-electron chi connectivity index (χ4n) is 1.21. The summed E-state index contributed by atoms with van der Waals surface area (Å²) in [6.45, 7) is 0. The normalized spacial score (nSPS) is 10.0. The zero-order valence-corrected chi connectivity index (χ0v) is 7.99. The molecule has 4 heteroatoms. The number of carbonyl (C=O) groups is 1. The third-order valence-electron chi connectivity index (χ3n) is 1.83. The zero-order valence-electron chi connectivity index (χ0n) is 7.18. The van der Waals surface area contributed by atoms with Crippen molar-refractivity contribution in [1.29, 1.82) is 0 Å². The van der Waals surface area contributed by atoms with Crippen molar-refractivity contribution in [3.05, 3.63) is 40.7 Å². The third kappa shape index (κ3) is 1.52. The van der Waals surface area contributed by atoms with Gasteiger partial charge in [0.05, 0.1) is 11.3 Å². The van der Waals surface area contributed by atoms with Crippen molar-refractivity contribution in [2.75, 3.05) is 0 Å². The molecule has 0 aliphatic rings. The molecular formula is C10H7NO2S. The van der Waals surface area contributed by atoms with E-state index in [0.29, 0.717) is 5.69 Å². The van der Waals surface area contributed by atoms with Crippen LogP contribution < -0.4 is 0 Å². The molecule has 0 saturated carbocycles. The standard InChI is InChI=1S/C10H7NO2S/c12-10(13)8-2-1-4-11-9(8)7-3-5-14-6-7/h1-6H,(H,12,13). The highest BCUT2D eigenvalue weighted by Gasteiger charge is 2.11. The molecule has 70 valence electrons. The molecular weight excluding hydrogens is 198 g/mol. The number of pyridine rings is 1. The van der Waals surface area contributed by atoms with Crippen LogP contribution in [-0.2, 0) is 0 Å². The van der Waals surface area contributed by atoms with Crippen molar-refractivity contribution in [2.24, 2.45) is 0 Å². The van der Waals surface area contributed by atoms with Gasteiger partial charge in [-0.25, -0.2) is 4.79 Å². The number of hydrogen-bond acceptors (Lipinski definition) is 3. The molecule has 2 aromatic rings. The summed E-state index contributed by atoms with van der Waals surface area (Å²) in [5, 5.41) is 12.7. The highest BCUT2D eigenvalue weighted by atomic mass is 32.1. The fourth-order valence-corrected chi connectivity index (χ4v) is 1.85. The molecule has 14 heavy (non-hydrogen) atoms. The van der Waals surface area contributed by atoms with Gasteiger partial charge in [-0.05, 0) is 23.6 Å². The number of thiophene rings is 1. The van der Waals surface area contributed by atoms with Crippen LogP contribution in [0.15, 0.2) is 35.2 Å².